The number of likely N-dealkylation sites (tertiary alicyclic amines) is 1. The zero-order valence-corrected chi connectivity index (χ0v) is 12.2. The van der Waals surface area contributed by atoms with Crippen LogP contribution in [0.2, 0.25) is 0 Å². The van der Waals surface area contributed by atoms with Crippen LogP contribution < -0.4 is 0 Å². The van der Waals surface area contributed by atoms with Crippen LogP contribution in [0, 0.1) is 0 Å². The molecule has 1 N–H and O–H groups in total. The summed E-state index contributed by atoms with van der Waals surface area (Å²) in [5, 5.41) is 9.08. The number of aromatic carboxylic acids is 1. The number of hydrogen-bond donors (Lipinski definition) is 1. The molecular weight excluding hydrogens is 268 g/mol. The number of urea groups is 1. The van der Waals surface area contributed by atoms with Crippen molar-refractivity contribution >= 4 is 12.0 Å². The molecule has 1 unspecified atom stereocenters. The average Bonchev–Trinajstić information content (AvgIpc) is 2.91. The summed E-state index contributed by atoms with van der Waals surface area (Å²) < 4.78 is 0. The molecule has 1 atom stereocenters. The molecule has 2 aliphatic rings. The van der Waals surface area contributed by atoms with E-state index in [1.807, 2.05) is 15.9 Å². The molecule has 1 aromatic rings. The molecule has 112 valence electrons. The van der Waals surface area contributed by atoms with Gasteiger partial charge in [-0.1, -0.05) is 6.07 Å². The van der Waals surface area contributed by atoms with E-state index in [1.165, 1.54) is 0 Å². The molecule has 0 bridgehead atoms. The lowest BCUT2D eigenvalue weighted by molar-refractivity contribution is 0.0696. The van der Waals surface area contributed by atoms with E-state index in [0.29, 0.717) is 19.1 Å². The summed E-state index contributed by atoms with van der Waals surface area (Å²) in [4.78, 5) is 27.4. The van der Waals surface area contributed by atoms with E-state index in [1.54, 1.807) is 12.1 Å². The fourth-order valence-corrected chi connectivity index (χ4v) is 3.25. The van der Waals surface area contributed by atoms with E-state index < -0.39 is 5.97 Å². The predicted octanol–water partition coefficient (Wildman–Crippen LogP) is 2.35. The molecule has 21 heavy (non-hydrogen) atoms. The first-order chi connectivity index (χ1) is 10.1. The Hall–Kier alpha value is -2.04. The fourth-order valence-electron chi connectivity index (χ4n) is 3.25. The maximum atomic E-state index is 12.6. The van der Waals surface area contributed by atoms with Gasteiger partial charge in [-0.3, -0.25) is 0 Å². The van der Waals surface area contributed by atoms with Crippen LogP contribution in [0.15, 0.2) is 18.2 Å². The van der Waals surface area contributed by atoms with Crippen LogP contribution in [0.4, 0.5) is 4.79 Å². The number of nitrogens with zero attached hydrogens (tertiary/aromatic N) is 2. The Bertz CT molecular complexity index is 585. The lowest BCUT2D eigenvalue weighted by Gasteiger charge is -2.34. The standard InChI is InChI=1S/C16H20N2O3/c1-11-3-2-7-18(11)16(21)17-8-6-12-4-5-13(15(19)20)9-14(12)10-17/h4-5,9,11H,2-3,6-8,10H2,1H3,(H,19,20). The third-order valence-corrected chi connectivity index (χ3v) is 4.53. The molecule has 0 spiro atoms. The first-order valence-electron chi connectivity index (χ1n) is 7.47. The number of carbonyl (C=O) groups is 2. The molecule has 2 amide bonds. The monoisotopic (exact) mass is 288 g/mol. The molecule has 1 saturated heterocycles. The van der Waals surface area contributed by atoms with E-state index >= 15 is 0 Å². The van der Waals surface area contributed by atoms with E-state index in [9.17, 15) is 9.59 Å². The Kier molecular flexibility index (Phi) is 3.57. The highest BCUT2D eigenvalue weighted by molar-refractivity contribution is 5.88. The highest BCUT2D eigenvalue weighted by Gasteiger charge is 2.30. The molecule has 2 heterocycles. The minimum Gasteiger partial charge on any atom is -0.478 e. The number of carbonyl (C=O) groups excluding carboxylic acids is 1. The summed E-state index contributed by atoms with van der Waals surface area (Å²) in [6.07, 6.45) is 2.93. The van der Waals surface area contributed by atoms with Gasteiger partial charge in [0.1, 0.15) is 0 Å². The molecule has 5 nitrogen and oxygen atoms in total. The largest absolute Gasteiger partial charge is 0.478 e. The van der Waals surface area contributed by atoms with Gasteiger partial charge < -0.3 is 14.9 Å². The van der Waals surface area contributed by atoms with Crippen LogP contribution in [0.1, 0.15) is 41.3 Å². The summed E-state index contributed by atoms with van der Waals surface area (Å²) in [5.41, 5.74) is 2.40. The maximum absolute atomic E-state index is 12.6. The van der Waals surface area contributed by atoms with Crippen molar-refractivity contribution in [1.82, 2.24) is 9.80 Å². The Morgan fingerprint density at radius 2 is 2.05 bits per heavy atom. The second-order valence-electron chi connectivity index (χ2n) is 5.93. The van der Waals surface area contributed by atoms with E-state index in [0.717, 1.165) is 36.9 Å². The van der Waals surface area contributed by atoms with Crippen molar-refractivity contribution in [3.05, 3.63) is 34.9 Å². The highest BCUT2D eigenvalue weighted by atomic mass is 16.4. The smallest absolute Gasteiger partial charge is 0.335 e. The second-order valence-corrected chi connectivity index (χ2v) is 5.93. The number of hydrogen-bond acceptors (Lipinski definition) is 2. The topological polar surface area (TPSA) is 60.9 Å². The van der Waals surface area contributed by atoms with Gasteiger partial charge in [-0.05, 0) is 49.4 Å². The van der Waals surface area contributed by atoms with Crippen LogP contribution in [0.5, 0.6) is 0 Å². The Morgan fingerprint density at radius 3 is 2.71 bits per heavy atom. The van der Waals surface area contributed by atoms with Gasteiger partial charge in [0.05, 0.1) is 5.56 Å². The van der Waals surface area contributed by atoms with Crippen molar-refractivity contribution in [1.29, 1.82) is 0 Å². The van der Waals surface area contributed by atoms with Crippen LogP contribution in [0.25, 0.3) is 0 Å². The number of benzene rings is 1. The molecule has 3 rings (SSSR count). The Balaban J connectivity index is 1.78. The quantitative estimate of drug-likeness (QED) is 0.863. The number of carboxylic acids is 1. The van der Waals surface area contributed by atoms with Crippen molar-refractivity contribution in [2.24, 2.45) is 0 Å². The van der Waals surface area contributed by atoms with Crippen LogP contribution >= 0.6 is 0 Å². The van der Waals surface area contributed by atoms with Gasteiger partial charge >= 0.3 is 12.0 Å². The molecule has 1 aromatic carbocycles. The average molecular weight is 288 g/mol. The second kappa shape index (κ2) is 5.39. The summed E-state index contributed by atoms with van der Waals surface area (Å²) in [6.45, 7) is 4.14. The molecule has 0 saturated carbocycles. The minimum absolute atomic E-state index is 0.0892. The first-order valence-corrected chi connectivity index (χ1v) is 7.47. The Morgan fingerprint density at radius 1 is 1.24 bits per heavy atom. The van der Waals surface area contributed by atoms with Crippen LogP contribution in [-0.4, -0.2) is 46.0 Å². The summed E-state index contributed by atoms with van der Waals surface area (Å²) in [7, 11) is 0. The first kappa shape index (κ1) is 13.9. The highest BCUT2D eigenvalue weighted by Crippen LogP contribution is 2.24. The third-order valence-electron chi connectivity index (χ3n) is 4.53. The van der Waals surface area contributed by atoms with Gasteiger partial charge in [-0.25, -0.2) is 9.59 Å². The molecule has 2 aliphatic heterocycles. The summed E-state index contributed by atoms with van der Waals surface area (Å²) in [5.74, 6) is -0.922. The zero-order valence-electron chi connectivity index (χ0n) is 12.2. The SMILES string of the molecule is CC1CCCN1C(=O)N1CCc2ccc(C(=O)O)cc2C1. The third kappa shape index (κ3) is 2.60. The maximum Gasteiger partial charge on any atom is 0.335 e. The van der Waals surface area contributed by atoms with Crippen molar-refractivity contribution in [3.8, 4) is 0 Å². The fraction of sp³-hybridized carbons (Fsp3) is 0.500. The van der Waals surface area contributed by atoms with Crippen molar-refractivity contribution in [3.63, 3.8) is 0 Å². The van der Waals surface area contributed by atoms with Gasteiger partial charge in [-0.15, -0.1) is 0 Å². The van der Waals surface area contributed by atoms with Gasteiger partial charge in [-0.2, -0.15) is 0 Å². The normalized spacial score (nSPS) is 21.3. The lowest BCUT2D eigenvalue weighted by Crippen LogP contribution is -2.46. The summed E-state index contributed by atoms with van der Waals surface area (Å²) >= 11 is 0. The van der Waals surface area contributed by atoms with Gasteiger partial charge in [0.2, 0.25) is 0 Å². The van der Waals surface area contributed by atoms with Crippen molar-refractivity contribution in [2.75, 3.05) is 13.1 Å². The molecule has 0 aromatic heterocycles. The molecule has 5 heteroatoms. The van der Waals surface area contributed by atoms with Crippen molar-refractivity contribution < 1.29 is 14.7 Å². The van der Waals surface area contributed by atoms with Gasteiger partial charge in [0, 0.05) is 25.7 Å². The Labute approximate surface area is 124 Å². The number of rotatable bonds is 1. The van der Waals surface area contributed by atoms with E-state index in [4.69, 9.17) is 5.11 Å². The summed E-state index contributed by atoms with van der Waals surface area (Å²) in [6, 6.07) is 5.61. The lowest BCUT2D eigenvalue weighted by atomic mass is 9.97. The number of amides is 2. The van der Waals surface area contributed by atoms with Crippen LogP contribution in [0.3, 0.4) is 0 Å². The molecule has 0 aliphatic carbocycles. The zero-order chi connectivity index (χ0) is 15.0. The molecule has 0 radical (unpaired) electrons. The molecular formula is C16H20N2O3. The number of fused-ring (bicyclic) bond motifs is 1. The van der Waals surface area contributed by atoms with Crippen LogP contribution in [-0.2, 0) is 13.0 Å². The van der Waals surface area contributed by atoms with Crippen molar-refractivity contribution in [2.45, 2.75) is 38.8 Å². The van der Waals surface area contributed by atoms with Gasteiger partial charge in [0.25, 0.3) is 0 Å². The van der Waals surface area contributed by atoms with E-state index in [2.05, 4.69) is 6.92 Å². The predicted molar refractivity (Wildman–Crippen MR) is 78.3 cm³/mol. The number of carboxylic acid groups (broad SMARTS) is 1. The van der Waals surface area contributed by atoms with E-state index in [-0.39, 0.29) is 11.6 Å². The molecule has 1 fully saturated rings. The van der Waals surface area contributed by atoms with Gasteiger partial charge in [0.15, 0.2) is 0 Å². The minimum atomic E-state index is -0.922.